The van der Waals surface area contributed by atoms with E-state index in [1.165, 1.54) is 56.0 Å². The van der Waals surface area contributed by atoms with Crippen LogP contribution in [0.5, 0.6) is 0 Å². The van der Waals surface area contributed by atoms with Gasteiger partial charge in [0, 0.05) is 37.3 Å². The smallest absolute Gasteiger partial charge is 0.0543 e. The average molecular weight is 327 g/mol. The Kier molecular flexibility index (Phi) is 4.47. The zero-order valence-electron chi connectivity index (χ0n) is 13.7. The Labute approximate surface area is 143 Å². The third-order valence-electron chi connectivity index (χ3n) is 5.33. The van der Waals surface area contributed by atoms with Crippen molar-refractivity contribution >= 4 is 11.3 Å². The number of nitrogens with zero attached hydrogens (tertiary/aromatic N) is 3. The van der Waals surface area contributed by atoms with Crippen molar-refractivity contribution in [2.45, 2.75) is 32.4 Å². The van der Waals surface area contributed by atoms with Gasteiger partial charge in [-0.25, -0.2) is 0 Å². The summed E-state index contributed by atoms with van der Waals surface area (Å²) in [7, 11) is 0. The SMILES string of the molecule is c1ccc(CN2CCC[C@@]3(CCN(Cc4cccs4)C3)C2)nc1. The van der Waals surface area contributed by atoms with Gasteiger partial charge in [-0.3, -0.25) is 14.8 Å². The lowest BCUT2D eigenvalue weighted by Gasteiger charge is -2.40. The lowest BCUT2D eigenvalue weighted by atomic mass is 9.79. The quantitative estimate of drug-likeness (QED) is 0.855. The molecule has 2 aliphatic rings. The molecule has 0 amide bonds. The van der Waals surface area contributed by atoms with E-state index >= 15 is 0 Å². The molecule has 0 saturated carbocycles. The summed E-state index contributed by atoms with van der Waals surface area (Å²) < 4.78 is 0. The van der Waals surface area contributed by atoms with Crippen molar-refractivity contribution in [2.75, 3.05) is 26.2 Å². The molecule has 0 bridgehead atoms. The van der Waals surface area contributed by atoms with Gasteiger partial charge >= 0.3 is 0 Å². The second kappa shape index (κ2) is 6.71. The molecule has 0 unspecified atom stereocenters. The van der Waals surface area contributed by atoms with Crippen molar-refractivity contribution < 1.29 is 0 Å². The second-order valence-electron chi connectivity index (χ2n) is 7.18. The largest absolute Gasteiger partial charge is 0.298 e. The zero-order valence-corrected chi connectivity index (χ0v) is 14.5. The number of pyridine rings is 1. The van der Waals surface area contributed by atoms with Crippen LogP contribution in [0, 0.1) is 5.41 Å². The van der Waals surface area contributed by atoms with Crippen molar-refractivity contribution in [3.05, 3.63) is 52.5 Å². The summed E-state index contributed by atoms with van der Waals surface area (Å²) in [5.41, 5.74) is 1.72. The number of hydrogen-bond acceptors (Lipinski definition) is 4. The normalized spacial score (nSPS) is 26.1. The molecular weight excluding hydrogens is 302 g/mol. The Hall–Kier alpha value is -1.23. The Morgan fingerprint density at radius 3 is 2.70 bits per heavy atom. The van der Waals surface area contributed by atoms with Crippen molar-refractivity contribution in [2.24, 2.45) is 5.41 Å². The predicted molar refractivity (Wildman–Crippen MR) is 95.4 cm³/mol. The molecule has 3 nitrogen and oxygen atoms in total. The Bertz CT molecular complexity index is 613. The summed E-state index contributed by atoms with van der Waals surface area (Å²) in [5.74, 6) is 0. The fourth-order valence-electron chi connectivity index (χ4n) is 4.28. The number of likely N-dealkylation sites (tertiary alicyclic amines) is 2. The zero-order chi connectivity index (χ0) is 15.5. The number of aromatic nitrogens is 1. The highest BCUT2D eigenvalue weighted by Crippen LogP contribution is 2.39. The van der Waals surface area contributed by atoms with E-state index in [0.29, 0.717) is 5.41 Å². The fourth-order valence-corrected chi connectivity index (χ4v) is 5.03. The number of thiophene rings is 1. The van der Waals surface area contributed by atoms with Crippen LogP contribution in [0.1, 0.15) is 29.8 Å². The van der Waals surface area contributed by atoms with Gasteiger partial charge in [0.25, 0.3) is 0 Å². The van der Waals surface area contributed by atoms with Crippen LogP contribution in [0.4, 0.5) is 0 Å². The molecule has 1 spiro atoms. The third kappa shape index (κ3) is 3.65. The summed E-state index contributed by atoms with van der Waals surface area (Å²) in [4.78, 5) is 11.3. The monoisotopic (exact) mass is 327 g/mol. The van der Waals surface area contributed by atoms with Gasteiger partial charge in [0.2, 0.25) is 0 Å². The Morgan fingerprint density at radius 1 is 1.00 bits per heavy atom. The molecule has 0 N–H and O–H groups in total. The summed E-state index contributed by atoms with van der Waals surface area (Å²) in [6.07, 6.45) is 6.00. The van der Waals surface area contributed by atoms with Crippen LogP contribution >= 0.6 is 11.3 Å². The van der Waals surface area contributed by atoms with E-state index in [4.69, 9.17) is 0 Å². The third-order valence-corrected chi connectivity index (χ3v) is 6.19. The van der Waals surface area contributed by atoms with Crippen molar-refractivity contribution in [1.82, 2.24) is 14.8 Å². The number of rotatable bonds is 4. The van der Waals surface area contributed by atoms with Crippen LogP contribution in [-0.2, 0) is 13.1 Å². The first-order chi connectivity index (χ1) is 11.3. The van der Waals surface area contributed by atoms with Gasteiger partial charge < -0.3 is 0 Å². The molecule has 1 atom stereocenters. The van der Waals surface area contributed by atoms with E-state index in [9.17, 15) is 0 Å². The molecule has 2 fully saturated rings. The molecule has 2 saturated heterocycles. The standard InChI is InChI=1S/C19H25N3S/c1-2-9-20-17(5-1)13-21-10-4-7-19(15-21)8-11-22(16-19)14-18-6-3-12-23-18/h1-3,5-6,9,12H,4,7-8,10-11,13-16H2/t19-/m1/s1. The van der Waals surface area contributed by atoms with Crippen molar-refractivity contribution in [3.8, 4) is 0 Å². The summed E-state index contributed by atoms with van der Waals surface area (Å²) in [6.45, 7) is 7.14. The van der Waals surface area contributed by atoms with Gasteiger partial charge in [-0.2, -0.15) is 0 Å². The minimum absolute atomic E-state index is 0.518. The van der Waals surface area contributed by atoms with E-state index < -0.39 is 0 Å². The van der Waals surface area contributed by atoms with E-state index in [1.54, 1.807) is 0 Å². The van der Waals surface area contributed by atoms with Gasteiger partial charge in [-0.15, -0.1) is 11.3 Å². The minimum atomic E-state index is 0.518. The van der Waals surface area contributed by atoms with Crippen molar-refractivity contribution in [1.29, 1.82) is 0 Å². The Morgan fingerprint density at radius 2 is 1.91 bits per heavy atom. The van der Waals surface area contributed by atoms with Crippen LogP contribution in [0.2, 0.25) is 0 Å². The molecule has 0 aliphatic carbocycles. The predicted octanol–water partition coefficient (Wildman–Crippen LogP) is 3.63. The molecular formula is C19H25N3S. The summed E-state index contributed by atoms with van der Waals surface area (Å²) in [6, 6.07) is 10.7. The lowest BCUT2D eigenvalue weighted by Crippen LogP contribution is -2.44. The molecule has 4 heteroatoms. The van der Waals surface area contributed by atoms with Gasteiger partial charge in [-0.05, 0) is 61.3 Å². The average Bonchev–Trinajstić information content (AvgIpc) is 3.20. The molecule has 0 radical (unpaired) electrons. The van der Waals surface area contributed by atoms with Crippen LogP contribution in [0.3, 0.4) is 0 Å². The van der Waals surface area contributed by atoms with Gasteiger partial charge in [0.15, 0.2) is 0 Å². The second-order valence-corrected chi connectivity index (χ2v) is 8.21. The minimum Gasteiger partial charge on any atom is -0.298 e. The fraction of sp³-hybridized carbons (Fsp3) is 0.526. The molecule has 122 valence electrons. The lowest BCUT2D eigenvalue weighted by molar-refractivity contribution is 0.0858. The topological polar surface area (TPSA) is 19.4 Å². The first kappa shape index (κ1) is 15.3. The van der Waals surface area contributed by atoms with Gasteiger partial charge in [-0.1, -0.05) is 12.1 Å². The Balaban J connectivity index is 1.37. The van der Waals surface area contributed by atoms with Crippen LogP contribution in [-0.4, -0.2) is 41.0 Å². The van der Waals surface area contributed by atoms with Gasteiger partial charge in [0.1, 0.15) is 0 Å². The van der Waals surface area contributed by atoms with E-state index in [0.717, 1.165) is 13.1 Å². The molecule has 4 rings (SSSR count). The maximum absolute atomic E-state index is 4.50. The van der Waals surface area contributed by atoms with E-state index in [1.807, 2.05) is 23.6 Å². The number of hydrogen-bond donors (Lipinski definition) is 0. The highest BCUT2D eigenvalue weighted by Gasteiger charge is 2.41. The van der Waals surface area contributed by atoms with Crippen LogP contribution < -0.4 is 0 Å². The highest BCUT2D eigenvalue weighted by atomic mass is 32.1. The number of piperidine rings is 1. The van der Waals surface area contributed by atoms with Crippen LogP contribution in [0.25, 0.3) is 0 Å². The first-order valence-corrected chi connectivity index (χ1v) is 9.56. The first-order valence-electron chi connectivity index (χ1n) is 8.68. The molecule has 2 aromatic heterocycles. The maximum atomic E-state index is 4.50. The molecule has 0 aromatic carbocycles. The van der Waals surface area contributed by atoms with E-state index in [-0.39, 0.29) is 0 Å². The van der Waals surface area contributed by atoms with E-state index in [2.05, 4.69) is 44.4 Å². The summed E-state index contributed by atoms with van der Waals surface area (Å²) >= 11 is 1.89. The van der Waals surface area contributed by atoms with Crippen molar-refractivity contribution in [3.63, 3.8) is 0 Å². The molecule has 2 aliphatic heterocycles. The molecule has 4 heterocycles. The molecule has 2 aromatic rings. The molecule has 23 heavy (non-hydrogen) atoms. The highest BCUT2D eigenvalue weighted by molar-refractivity contribution is 7.09. The van der Waals surface area contributed by atoms with Gasteiger partial charge in [0.05, 0.1) is 5.69 Å². The van der Waals surface area contributed by atoms with Crippen LogP contribution in [0.15, 0.2) is 41.9 Å². The summed E-state index contributed by atoms with van der Waals surface area (Å²) in [5, 5.41) is 2.19. The maximum Gasteiger partial charge on any atom is 0.0543 e.